The maximum atomic E-state index is 12.3. The molecule has 0 aliphatic carbocycles. The van der Waals surface area contributed by atoms with Crippen LogP contribution >= 0.6 is 11.3 Å². The number of ketones is 1. The number of carbonyl (C=O) groups is 2. The molecule has 1 aromatic rings. The minimum Gasteiger partial charge on any atom is -0.378 e. The Kier molecular flexibility index (Phi) is 5.13. The van der Waals surface area contributed by atoms with Gasteiger partial charge in [-0.1, -0.05) is 0 Å². The molecule has 1 fully saturated rings. The lowest BCUT2D eigenvalue weighted by atomic mass is 10.2. The Balaban J connectivity index is 2.02. The monoisotopic (exact) mass is 310 g/mol. The number of Topliss-reactive ketones (excluding diaryl/α,β-unsaturated/α-hetero) is 1. The molecule has 0 spiro atoms. The molecule has 1 saturated heterocycles. The van der Waals surface area contributed by atoms with E-state index in [9.17, 15) is 9.59 Å². The van der Waals surface area contributed by atoms with Crippen molar-refractivity contribution in [2.45, 2.75) is 39.0 Å². The number of likely N-dealkylation sites (tertiary alicyclic amines) is 1. The summed E-state index contributed by atoms with van der Waals surface area (Å²) in [6.07, 6.45) is 0.00332. The van der Waals surface area contributed by atoms with Gasteiger partial charge in [-0.25, -0.2) is 0 Å². The zero-order valence-electron chi connectivity index (χ0n) is 12.9. The van der Waals surface area contributed by atoms with Crippen molar-refractivity contribution >= 4 is 23.0 Å². The van der Waals surface area contributed by atoms with E-state index < -0.39 is 0 Å². The van der Waals surface area contributed by atoms with E-state index in [4.69, 9.17) is 4.74 Å². The van der Waals surface area contributed by atoms with Gasteiger partial charge in [-0.3, -0.25) is 14.5 Å². The molecule has 1 aromatic heterocycles. The number of ether oxygens (including phenoxy) is 1. The molecule has 0 unspecified atom stereocenters. The van der Waals surface area contributed by atoms with Crippen LogP contribution < -0.4 is 5.32 Å². The Morgan fingerprint density at radius 2 is 2.00 bits per heavy atom. The third-order valence-corrected chi connectivity index (χ3v) is 5.01. The highest BCUT2D eigenvalue weighted by Crippen LogP contribution is 2.19. The molecule has 2 atom stereocenters. The van der Waals surface area contributed by atoms with Crippen molar-refractivity contribution in [2.24, 2.45) is 0 Å². The van der Waals surface area contributed by atoms with Crippen molar-refractivity contribution in [1.29, 1.82) is 0 Å². The Bertz CT molecular complexity index is 527. The second-order valence-corrected chi connectivity index (χ2v) is 6.71. The van der Waals surface area contributed by atoms with Crippen molar-refractivity contribution < 1.29 is 14.3 Å². The molecule has 0 radical (unpaired) electrons. The van der Waals surface area contributed by atoms with Crippen molar-refractivity contribution in [1.82, 2.24) is 10.2 Å². The second-order valence-electron chi connectivity index (χ2n) is 5.62. The zero-order chi connectivity index (χ0) is 15.6. The molecule has 0 bridgehead atoms. The normalized spacial score (nSPS) is 22.7. The lowest BCUT2D eigenvalue weighted by molar-refractivity contribution is 0.0755. The summed E-state index contributed by atoms with van der Waals surface area (Å²) >= 11 is 1.23. The first-order valence-corrected chi connectivity index (χ1v) is 7.92. The van der Waals surface area contributed by atoms with Gasteiger partial charge in [-0.2, -0.15) is 0 Å². The summed E-state index contributed by atoms with van der Waals surface area (Å²) < 4.78 is 5.48. The quantitative estimate of drug-likeness (QED) is 0.842. The molecule has 5 nitrogen and oxygen atoms in total. The molecule has 0 aromatic carbocycles. The fraction of sp³-hybridized carbons (Fsp3) is 0.600. The molecule has 0 saturated carbocycles. The van der Waals surface area contributed by atoms with Crippen molar-refractivity contribution in [3.63, 3.8) is 0 Å². The van der Waals surface area contributed by atoms with Crippen LogP contribution in [-0.2, 0) is 4.74 Å². The molecule has 2 heterocycles. The van der Waals surface area contributed by atoms with Crippen molar-refractivity contribution in [3.05, 3.63) is 21.9 Å². The Hall–Kier alpha value is -1.24. The van der Waals surface area contributed by atoms with Gasteiger partial charge in [0.1, 0.15) is 0 Å². The number of amides is 1. The van der Waals surface area contributed by atoms with E-state index in [0.717, 1.165) is 13.1 Å². The van der Waals surface area contributed by atoms with E-state index in [1.807, 2.05) is 0 Å². The molecule has 2 rings (SSSR count). The van der Waals surface area contributed by atoms with Crippen LogP contribution in [0.3, 0.4) is 0 Å². The fourth-order valence-corrected chi connectivity index (χ4v) is 3.30. The number of hydrogen-bond donors (Lipinski definition) is 1. The standard InChI is InChI=1S/C15H22N2O3S/c1-9(2)17-7-11(12(8-17)20-4)16-15(19)14-6-5-13(21-14)10(3)18/h5-6,9,11-12H,7-8H2,1-4H3,(H,16,19)/t11-,12-/m1/s1. The van der Waals surface area contributed by atoms with E-state index in [2.05, 4.69) is 24.1 Å². The summed E-state index contributed by atoms with van der Waals surface area (Å²) in [7, 11) is 1.67. The average molecular weight is 310 g/mol. The lowest BCUT2D eigenvalue weighted by Gasteiger charge is -2.19. The minimum absolute atomic E-state index is 0.00332. The van der Waals surface area contributed by atoms with Gasteiger partial charge in [0.2, 0.25) is 0 Å². The Morgan fingerprint density at radius 3 is 2.52 bits per heavy atom. The smallest absolute Gasteiger partial charge is 0.261 e. The first-order valence-electron chi connectivity index (χ1n) is 7.10. The van der Waals surface area contributed by atoms with Gasteiger partial charge in [0.25, 0.3) is 5.91 Å². The predicted octanol–water partition coefficient (Wildman–Crippen LogP) is 1.79. The number of carbonyl (C=O) groups excluding carboxylic acids is 2. The molecule has 6 heteroatoms. The molecule has 21 heavy (non-hydrogen) atoms. The molecule has 1 N–H and O–H groups in total. The SMILES string of the molecule is CO[C@@H]1CN(C(C)C)C[C@H]1NC(=O)c1ccc(C(C)=O)s1. The number of methoxy groups -OCH3 is 1. The number of nitrogens with one attached hydrogen (secondary N) is 1. The summed E-state index contributed by atoms with van der Waals surface area (Å²) in [5.41, 5.74) is 0. The largest absolute Gasteiger partial charge is 0.378 e. The van der Waals surface area contributed by atoms with Crippen LogP contribution in [0.1, 0.15) is 40.1 Å². The topological polar surface area (TPSA) is 58.6 Å². The highest BCUT2D eigenvalue weighted by Gasteiger charge is 2.35. The Labute approximate surface area is 129 Å². The highest BCUT2D eigenvalue weighted by atomic mass is 32.1. The van der Waals surface area contributed by atoms with Gasteiger partial charge in [0, 0.05) is 26.2 Å². The van der Waals surface area contributed by atoms with Gasteiger partial charge in [0.05, 0.1) is 21.9 Å². The summed E-state index contributed by atoms with van der Waals surface area (Å²) in [5, 5.41) is 3.03. The summed E-state index contributed by atoms with van der Waals surface area (Å²) in [4.78, 5) is 27.0. The fourth-order valence-electron chi connectivity index (χ4n) is 2.49. The van der Waals surface area contributed by atoms with Crippen molar-refractivity contribution in [3.8, 4) is 0 Å². The minimum atomic E-state index is -0.134. The second kappa shape index (κ2) is 6.68. The van der Waals surface area contributed by atoms with Crippen LogP contribution in [0.15, 0.2) is 12.1 Å². The van der Waals surface area contributed by atoms with Crippen LogP contribution in [0.2, 0.25) is 0 Å². The van der Waals surface area contributed by atoms with E-state index in [1.54, 1.807) is 19.2 Å². The molecule has 1 amide bonds. The van der Waals surface area contributed by atoms with E-state index >= 15 is 0 Å². The predicted molar refractivity (Wildman–Crippen MR) is 83.1 cm³/mol. The van der Waals surface area contributed by atoms with E-state index in [-0.39, 0.29) is 23.8 Å². The van der Waals surface area contributed by atoms with E-state index in [1.165, 1.54) is 18.3 Å². The summed E-state index contributed by atoms with van der Waals surface area (Å²) in [6, 6.07) is 3.81. The number of hydrogen-bond acceptors (Lipinski definition) is 5. The first kappa shape index (κ1) is 16.1. The van der Waals surface area contributed by atoms with Crippen LogP contribution in [0.4, 0.5) is 0 Å². The van der Waals surface area contributed by atoms with Gasteiger partial charge < -0.3 is 10.1 Å². The average Bonchev–Trinajstić information content (AvgIpc) is 3.05. The molecular weight excluding hydrogens is 288 g/mol. The summed E-state index contributed by atoms with van der Waals surface area (Å²) in [6.45, 7) is 7.38. The van der Waals surface area contributed by atoms with Crippen molar-refractivity contribution in [2.75, 3.05) is 20.2 Å². The van der Waals surface area contributed by atoms with E-state index in [0.29, 0.717) is 15.8 Å². The van der Waals surface area contributed by atoms with Crippen LogP contribution in [0.5, 0.6) is 0 Å². The first-order chi connectivity index (χ1) is 9.92. The third kappa shape index (κ3) is 3.70. The van der Waals surface area contributed by atoms with Gasteiger partial charge >= 0.3 is 0 Å². The summed E-state index contributed by atoms with van der Waals surface area (Å²) in [5.74, 6) is -0.147. The number of thiophene rings is 1. The van der Waals surface area contributed by atoms with Gasteiger partial charge in [-0.15, -0.1) is 11.3 Å². The molecule has 116 valence electrons. The molecule has 1 aliphatic rings. The maximum absolute atomic E-state index is 12.3. The highest BCUT2D eigenvalue weighted by molar-refractivity contribution is 7.15. The third-order valence-electron chi connectivity index (χ3n) is 3.82. The van der Waals surface area contributed by atoms with Crippen LogP contribution in [-0.4, -0.2) is 55.0 Å². The molecular formula is C15H22N2O3S. The number of nitrogens with zero attached hydrogens (tertiary/aromatic N) is 1. The lowest BCUT2D eigenvalue weighted by Crippen LogP contribution is -2.43. The van der Waals surface area contributed by atoms with Gasteiger partial charge in [-0.05, 0) is 32.9 Å². The zero-order valence-corrected chi connectivity index (χ0v) is 13.7. The van der Waals surface area contributed by atoms with Gasteiger partial charge in [0.15, 0.2) is 5.78 Å². The van der Waals surface area contributed by atoms with Crippen LogP contribution in [0.25, 0.3) is 0 Å². The maximum Gasteiger partial charge on any atom is 0.261 e. The number of rotatable bonds is 5. The molecule has 1 aliphatic heterocycles. The van der Waals surface area contributed by atoms with Crippen LogP contribution in [0, 0.1) is 0 Å². The Morgan fingerprint density at radius 1 is 1.33 bits per heavy atom.